The van der Waals surface area contributed by atoms with Crippen LogP contribution in [0.25, 0.3) is 0 Å². The van der Waals surface area contributed by atoms with E-state index < -0.39 is 33.8 Å². The number of aromatic nitrogens is 1. The molecule has 0 bridgehead atoms. The van der Waals surface area contributed by atoms with E-state index in [9.17, 15) is 38.4 Å². The van der Waals surface area contributed by atoms with Gasteiger partial charge in [-0.2, -0.15) is 18.4 Å². The molecule has 0 radical (unpaired) electrons. The maximum absolute atomic E-state index is 12.8. The van der Waals surface area contributed by atoms with Crippen molar-refractivity contribution in [3.8, 4) is 11.9 Å². The smallest absolute Gasteiger partial charge is 0.416 e. The predicted octanol–water partition coefficient (Wildman–Crippen LogP) is 3.82. The quantitative estimate of drug-likeness (QED) is 0.458. The van der Waals surface area contributed by atoms with Gasteiger partial charge in [-0.1, -0.05) is 6.92 Å². The Morgan fingerprint density at radius 3 is 2.59 bits per heavy atom. The molecule has 0 spiro atoms. The second-order valence-corrected chi connectivity index (χ2v) is 6.02. The van der Waals surface area contributed by atoms with Crippen molar-refractivity contribution >= 4 is 17.6 Å². The van der Waals surface area contributed by atoms with E-state index in [-0.39, 0.29) is 28.9 Å². The average molecular weight is 408 g/mol. The minimum atomic E-state index is -4.76. The minimum absolute atomic E-state index is 0.0382. The lowest BCUT2D eigenvalue weighted by Gasteiger charge is -2.13. The first-order chi connectivity index (χ1) is 13.5. The second-order valence-electron chi connectivity index (χ2n) is 6.02. The zero-order valence-corrected chi connectivity index (χ0v) is 15.3. The monoisotopic (exact) mass is 408 g/mol. The fraction of sp³-hybridized carbons (Fsp3) is 0.278. The topological polar surface area (TPSA) is 122 Å². The number of alkyl halides is 3. The van der Waals surface area contributed by atoms with Gasteiger partial charge in [-0.25, -0.2) is 4.99 Å². The van der Waals surface area contributed by atoms with E-state index in [2.05, 4.69) is 4.99 Å². The molecule has 8 nitrogen and oxygen atoms in total. The highest BCUT2D eigenvalue weighted by Gasteiger charge is 2.33. The number of benzene rings is 1. The summed E-state index contributed by atoms with van der Waals surface area (Å²) in [6, 6.07) is 3.58. The van der Waals surface area contributed by atoms with Gasteiger partial charge >= 0.3 is 6.18 Å². The Balaban J connectivity index is 2.66. The summed E-state index contributed by atoms with van der Waals surface area (Å²) in [5.41, 5.74) is -3.33. The summed E-state index contributed by atoms with van der Waals surface area (Å²) in [7, 11) is 0. The molecule has 0 aliphatic rings. The standard InChI is InChI=1S/C18H15F3N4O4/c1-3-6-24-16(26)12(8-22)10(2)13(17(24)27)9-23-14-5-4-11(18(19,20)21)7-15(14)25(28)29/h4-5,7,9,27H,3,6H2,1-2H3. The van der Waals surface area contributed by atoms with Crippen LogP contribution in [0.4, 0.5) is 24.5 Å². The number of pyridine rings is 1. The normalized spacial score (nSPS) is 11.6. The molecule has 29 heavy (non-hydrogen) atoms. The molecule has 1 aromatic carbocycles. The number of nitro benzene ring substituents is 1. The summed E-state index contributed by atoms with van der Waals surface area (Å²) >= 11 is 0. The minimum Gasteiger partial charge on any atom is -0.494 e. The van der Waals surface area contributed by atoms with Gasteiger partial charge in [0.1, 0.15) is 17.3 Å². The highest BCUT2D eigenvalue weighted by Crippen LogP contribution is 2.36. The second kappa shape index (κ2) is 8.14. The summed E-state index contributed by atoms with van der Waals surface area (Å²) in [6.07, 6.45) is -3.31. The number of aromatic hydroxyl groups is 1. The summed E-state index contributed by atoms with van der Waals surface area (Å²) in [4.78, 5) is 26.3. The van der Waals surface area contributed by atoms with Crippen molar-refractivity contribution in [3.63, 3.8) is 0 Å². The number of hydrogen-bond acceptors (Lipinski definition) is 6. The Labute approximate surface area is 162 Å². The summed E-state index contributed by atoms with van der Waals surface area (Å²) in [5.74, 6) is -0.494. The van der Waals surface area contributed by atoms with E-state index in [0.717, 1.165) is 16.8 Å². The molecule has 0 fully saturated rings. The number of aliphatic imine (C=N–C) groups is 1. The zero-order chi connectivity index (χ0) is 21.9. The van der Waals surface area contributed by atoms with Crippen LogP contribution in [0.15, 0.2) is 28.0 Å². The fourth-order valence-electron chi connectivity index (χ4n) is 2.65. The van der Waals surface area contributed by atoms with Crippen LogP contribution in [0.5, 0.6) is 5.88 Å². The molecule has 0 saturated carbocycles. The van der Waals surface area contributed by atoms with Crippen molar-refractivity contribution in [2.24, 2.45) is 4.99 Å². The van der Waals surface area contributed by atoms with Gasteiger partial charge in [0.2, 0.25) is 5.88 Å². The van der Waals surface area contributed by atoms with Crippen molar-refractivity contribution in [1.29, 1.82) is 5.26 Å². The molecule has 0 unspecified atom stereocenters. The molecule has 0 amide bonds. The summed E-state index contributed by atoms with van der Waals surface area (Å²) in [6.45, 7) is 3.25. The Morgan fingerprint density at radius 1 is 1.41 bits per heavy atom. The third-order valence-electron chi connectivity index (χ3n) is 4.13. The van der Waals surface area contributed by atoms with Crippen LogP contribution in [0.3, 0.4) is 0 Å². The molecular weight excluding hydrogens is 393 g/mol. The molecule has 11 heteroatoms. The number of nitriles is 1. The highest BCUT2D eigenvalue weighted by molar-refractivity contribution is 5.88. The maximum atomic E-state index is 12.8. The lowest BCUT2D eigenvalue weighted by atomic mass is 10.1. The molecule has 1 aromatic heterocycles. The van der Waals surface area contributed by atoms with Gasteiger partial charge in [0.25, 0.3) is 11.2 Å². The number of halogens is 3. The molecule has 1 N–H and O–H groups in total. The van der Waals surface area contributed by atoms with Crippen LogP contribution >= 0.6 is 0 Å². The molecule has 2 rings (SSSR count). The van der Waals surface area contributed by atoms with Crippen LogP contribution in [-0.4, -0.2) is 20.8 Å². The average Bonchev–Trinajstić information content (AvgIpc) is 2.64. The first kappa shape index (κ1) is 21.6. The molecule has 0 aliphatic heterocycles. The van der Waals surface area contributed by atoms with E-state index in [4.69, 9.17) is 0 Å². The van der Waals surface area contributed by atoms with Crippen molar-refractivity contribution in [1.82, 2.24) is 4.57 Å². The number of rotatable bonds is 5. The van der Waals surface area contributed by atoms with Gasteiger partial charge in [0.05, 0.1) is 16.1 Å². The molecule has 0 saturated heterocycles. The van der Waals surface area contributed by atoms with Gasteiger partial charge in [-0.05, 0) is 31.0 Å². The highest BCUT2D eigenvalue weighted by atomic mass is 19.4. The van der Waals surface area contributed by atoms with Crippen LogP contribution in [0.1, 0.15) is 35.6 Å². The summed E-state index contributed by atoms with van der Waals surface area (Å²) < 4.78 is 39.4. The van der Waals surface area contributed by atoms with Crippen LogP contribution < -0.4 is 5.56 Å². The lowest BCUT2D eigenvalue weighted by molar-refractivity contribution is -0.384. The van der Waals surface area contributed by atoms with Crippen LogP contribution in [0, 0.1) is 28.4 Å². The predicted molar refractivity (Wildman–Crippen MR) is 97.5 cm³/mol. The maximum Gasteiger partial charge on any atom is 0.416 e. The largest absolute Gasteiger partial charge is 0.494 e. The Morgan fingerprint density at radius 2 is 2.07 bits per heavy atom. The first-order valence-corrected chi connectivity index (χ1v) is 8.29. The van der Waals surface area contributed by atoms with E-state index in [1.165, 1.54) is 6.92 Å². The molecular formula is C18H15F3N4O4. The Kier molecular flexibility index (Phi) is 6.06. The van der Waals surface area contributed by atoms with Crippen molar-refractivity contribution in [3.05, 3.63) is 60.9 Å². The fourth-order valence-corrected chi connectivity index (χ4v) is 2.65. The number of hydrogen-bond donors (Lipinski definition) is 1. The van der Waals surface area contributed by atoms with E-state index in [1.807, 2.05) is 0 Å². The molecule has 2 aromatic rings. The van der Waals surface area contributed by atoms with Gasteiger partial charge < -0.3 is 5.11 Å². The SMILES string of the molecule is CCCn1c(O)c(C=Nc2ccc(C(F)(F)F)cc2[N+](=O)[O-])c(C)c(C#N)c1=O. The van der Waals surface area contributed by atoms with Crippen molar-refractivity contribution in [2.75, 3.05) is 0 Å². The first-order valence-electron chi connectivity index (χ1n) is 8.29. The molecule has 0 atom stereocenters. The summed E-state index contributed by atoms with van der Waals surface area (Å²) in [5, 5.41) is 30.8. The Bertz CT molecular complexity index is 1100. The third-order valence-corrected chi connectivity index (χ3v) is 4.13. The number of nitro groups is 1. The molecule has 0 aliphatic carbocycles. The number of nitrogens with zero attached hydrogens (tertiary/aromatic N) is 4. The van der Waals surface area contributed by atoms with Crippen molar-refractivity contribution in [2.45, 2.75) is 33.0 Å². The van der Waals surface area contributed by atoms with Crippen LogP contribution in [0.2, 0.25) is 0 Å². The molecule has 152 valence electrons. The molecule has 1 heterocycles. The third kappa shape index (κ3) is 4.26. The van der Waals surface area contributed by atoms with Gasteiger partial charge in [0, 0.05) is 18.8 Å². The van der Waals surface area contributed by atoms with Gasteiger partial charge in [-0.15, -0.1) is 0 Å². The van der Waals surface area contributed by atoms with E-state index in [0.29, 0.717) is 18.6 Å². The van der Waals surface area contributed by atoms with Gasteiger partial charge in [0.15, 0.2) is 0 Å². The van der Waals surface area contributed by atoms with E-state index in [1.54, 1.807) is 13.0 Å². The van der Waals surface area contributed by atoms with Crippen LogP contribution in [-0.2, 0) is 12.7 Å². The zero-order valence-electron chi connectivity index (χ0n) is 15.3. The Hall–Kier alpha value is -3.68. The van der Waals surface area contributed by atoms with Gasteiger partial charge in [-0.3, -0.25) is 19.5 Å². The lowest BCUT2D eigenvalue weighted by Crippen LogP contribution is -2.25. The van der Waals surface area contributed by atoms with Crippen molar-refractivity contribution < 1.29 is 23.2 Å². The van der Waals surface area contributed by atoms with E-state index >= 15 is 0 Å².